The molecule has 5 heteroatoms. The molecule has 0 bridgehead atoms. The smallest absolute Gasteiger partial charge is 0.185 e. The van der Waals surface area contributed by atoms with Crippen LogP contribution >= 0.6 is 0 Å². The number of ketones is 1. The summed E-state index contributed by atoms with van der Waals surface area (Å²) in [7, 11) is 0. The van der Waals surface area contributed by atoms with Gasteiger partial charge in [0.05, 0.1) is 0 Å². The van der Waals surface area contributed by atoms with Gasteiger partial charge in [0.15, 0.2) is 11.7 Å². The highest BCUT2D eigenvalue weighted by Gasteiger charge is 2.17. The van der Waals surface area contributed by atoms with Crippen molar-refractivity contribution in [2.75, 3.05) is 6.54 Å². The van der Waals surface area contributed by atoms with Gasteiger partial charge in [0.2, 0.25) is 0 Å². The first kappa shape index (κ1) is 11.9. The van der Waals surface area contributed by atoms with Crippen LogP contribution in [0.3, 0.4) is 0 Å². The molecule has 5 nitrogen and oxygen atoms in total. The van der Waals surface area contributed by atoms with Gasteiger partial charge in [-0.3, -0.25) is 10.2 Å². The molecule has 76 valence electrons. The molecule has 0 aliphatic carbocycles. The number of rotatable bonds is 5. The molecule has 1 atom stereocenters. The average molecular weight is 187 g/mol. The number of nitrogens with two attached hydrogens (primary N) is 1. The summed E-state index contributed by atoms with van der Waals surface area (Å²) in [5.41, 5.74) is 5.02. The maximum absolute atomic E-state index is 11.2. The van der Waals surface area contributed by atoms with Crippen LogP contribution in [0.15, 0.2) is 0 Å². The third kappa shape index (κ3) is 5.19. The van der Waals surface area contributed by atoms with E-state index in [0.29, 0.717) is 6.54 Å². The predicted octanol–water partition coefficient (Wildman–Crippen LogP) is -0.554. The third-order valence-electron chi connectivity index (χ3n) is 1.63. The Labute approximate surface area is 77.8 Å². The Bertz CT molecular complexity index is 192. The van der Waals surface area contributed by atoms with Gasteiger partial charge in [0.25, 0.3) is 0 Å². The lowest BCUT2D eigenvalue weighted by Gasteiger charge is -2.12. The van der Waals surface area contributed by atoms with E-state index in [9.17, 15) is 9.90 Å². The molecule has 1 unspecified atom stereocenters. The van der Waals surface area contributed by atoms with Crippen molar-refractivity contribution in [2.24, 2.45) is 11.7 Å². The van der Waals surface area contributed by atoms with E-state index in [1.54, 1.807) is 13.8 Å². The molecule has 0 aliphatic rings. The summed E-state index contributed by atoms with van der Waals surface area (Å²) in [6.45, 7) is 3.82. The van der Waals surface area contributed by atoms with Crippen molar-refractivity contribution in [1.82, 2.24) is 5.32 Å². The van der Waals surface area contributed by atoms with E-state index in [0.717, 1.165) is 0 Å². The zero-order chi connectivity index (χ0) is 10.4. The second-order valence-electron chi connectivity index (χ2n) is 3.20. The van der Waals surface area contributed by atoms with Crippen molar-refractivity contribution in [3.8, 4) is 0 Å². The van der Waals surface area contributed by atoms with Crippen LogP contribution < -0.4 is 11.1 Å². The minimum Gasteiger partial charge on any atom is -0.385 e. The average Bonchev–Trinajstić information content (AvgIpc) is 2.02. The number of aliphatic hydroxyl groups is 1. The Balaban J connectivity index is 3.68. The van der Waals surface area contributed by atoms with Gasteiger partial charge in [-0.15, -0.1) is 0 Å². The molecule has 5 N–H and O–H groups in total. The van der Waals surface area contributed by atoms with E-state index in [1.807, 2.05) is 0 Å². The summed E-state index contributed by atoms with van der Waals surface area (Å²) in [4.78, 5) is 11.2. The second kappa shape index (κ2) is 5.53. The summed E-state index contributed by atoms with van der Waals surface area (Å²) >= 11 is 0. The van der Waals surface area contributed by atoms with Gasteiger partial charge in [-0.05, 0) is 6.42 Å². The van der Waals surface area contributed by atoms with E-state index >= 15 is 0 Å². The summed E-state index contributed by atoms with van der Waals surface area (Å²) in [6.07, 6.45) is -0.664. The highest BCUT2D eigenvalue weighted by atomic mass is 16.3. The maximum Gasteiger partial charge on any atom is 0.185 e. The molecule has 0 saturated heterocycles. The number of carbonyl (C=O) groups excluding carboxylic acids is 1. The molecule has 0 fully saturated rings. The molecular formula is C8H17N3O2. The predicted molar refractivity (Wildman–Crippen MR) is 50.4 cm³/mol. The van der Waals surface area contributed by atoms with Crippen LogP contribution in [0.4, 0.5) is 0 Å². The van der Waals surface area contributed by atoms with Gasteiger partial charge >= 0.3 is 0 Å². The molecule has 13 heavy (non-hydrogen) atoms. The lowest BCUT2D eigenvalue weighted by molar-refractivity contribution is -0.130. The monoisotopic (exact) mass is 187 g/mol. The lowest BCUT2D eigenvalue weighted by Crippen LogP contribution is -2.35. The number of carbonyl (C=O) groups is 1. The van der Waals surface area contributed by atoms with Gasteiger partial charge in [-0.1, -0.05) is 13.8 Å². The first-order valence-corrected chi connectivity index (χ1v) is 4.24. The maximum atomic E-state index is 11.2. The Hall–Kier alpha value is -1.10. The number of guanidine groups is 1. The van der Waals surface area contributed by atoms with Crippen molar-refractivity contribution >= 4 is 11.7 Å². The minimum absolute atomic E-state index is 0.149. The van der Waals surface area contributed by atoms with E-state index < -0.39 is 6.10 Å². The molecule has 0 aliphatic heterocycles. The third-order valence-corrected chi connectivity index (χ3v) is 1.63. The number of nitrogens with one attached hydrogen (secondary N) is 2. The van der Waals surface area contributed by atoms with Gasteiger partial charge in [-0.25, -0.2) is 0 Å². The van der Waals surface area contributed by atoms with E-state index in [-0.39, 0.29) is 24.1 Å². The van der Waals surface area contributed by atoms with Crippen LogP contribution in [0.25, 0.3) is 0 Å². The number of Topliss-reactive ketones (excluding diaryl/α,β-unsaturated/α-hetero) is 1. The number of hydrogen-bond acceptors (Lipinski definition) is 3. The quantitative estimate of drug-likeness (QED) is 0.342. The van der Waals surface area contributed by atoms with Gasteiger partial charge < -0.3 is 16.2 Å². The fraction of sp³-hybridized carbons (Fsp3) is 0.750. The zero-order valence-corrected chi connectivity index (χ0v) is 8.00. The normalized spacial score (nSPS) is 12.6. The molecule has 0 aromatic carbocycles. The van der Waals surface area contributed by atoms with Crippen molar-refractivity contribution in [3.63, 3.8) is 0 Å². The van der Waals surface area contributed by atoms with Crippen molar-refractivity contribution in [1.29, 1.82) is 5.41 Å². The van der Waals surface area contributed by atoms with Crippen molar-refractivity contribution < 1.29 is 9.90 Å². The number of hydrogen-bond donors (Lipinski definition) is 4. The van der Waals surface area contributed by atoms with Gasteiger partial charge in [0, 0.05) is 12.5 Å². The molecule has 0 aromatic rings. The molecular weight excluding hydrogens is 170 g/mol. The fourth-order valence-electron chi connectivity index (χ4n) is 0.871. The molecule has 0 rings (SSSR count). The van der Waals surface area contributed by atoms with Crippen LogP contribution in [0.1, 0.15) is 20.3 Å². The van der Waals surface area contributed by atoms with Crippen molar-refractivity contribution in [2.45, 2.75) is 26.4 Å². The topological polar surface area (TPSA) is 99.2 Å². The molecule has 0 amide bonds. The Kier molecular flexibility index (Phi) is 5.06. The summed E-state index contributed by atoms with van der Waals surface area (Å²) in [5, 5.41) is 18.6. The standard InChI is InChI=1S/C8H17N3O2/c1-5(2)7(13)6(12)3-4-11-8(9)10/h5-6,12H,3-4H2,1-2H3,(H4,9,10,11). The van der Waals surface area contributed by atoms with E-state index in [4.69, 9.17) is 11.1 Å². The van der Waals surface area contributed by atoms with Crippen LogP contribution in [0.5, 0.6) is 0 Å². The largest absolute Gasteiger partial charge is 0.385 e. The van der Waals surface area contributed by atoms with Gasteiger partial charge in [0.1, 0.15) is 6.10 Å². The Morgan fingerprint density at radius 3 is 2.54 bits per heavy atom. The first-order chi connectivity index (χ1) is 5.95. The SMILES string of the molecule is CC(C)C(=O)C(O)CCNC(=N)N. The summed E-state index contributed by atoms with van der Waals surface area (Å²) in [6, 6.07) is 0. The highest BCUT2D eigenvalue weighted by Crippen LogP contribution is 2.02. The van der Waals surface area contributed by atoms with E-state index in [1.165, 1.54) is 0 Å². The molecule has 0 saturated carbocycles. The minimum atomic E-state index is -0.952. The lowest BCUT2D eigenvalue weighted by atomic mass is 10.0. The summed E-state index contributed by atoms with van der Waals surface area (Å²) < 4.78 is 0. The Morgan fingerprint density at radius 1 is 1.62 bits per heavy atom. The van der Waals surface area contributed by atoms with Crippen molar-refractivity contribution in [3.05, 3.63) is 0 Å². The zero-order valence-electron chi connectivity index (χ0n) is 8.00. The van der Waals surface area contributed by atoms with Crippen LogP contribution in [0.2, 0.25) is 0 Å². The fourth-order valence-corrected chi connectivity index (χ4v) is 0.871. The molecule has 0 heterocycles. The van der Waals surface area contributed by atoms with Gasteiger partial charge in [-0.2, -0.15) is 0 Å². The van der Waals surface area contributed by atoms with Crippen LogP contribution in [0, 0.1) is 11.3 Å². The van der Waals surface area contributed by atoms with Crippen LogP contribution in [-0.2, 0) is 4.79 Å². The molecule has 0 spiro atoms. The second-order valence-corrected chi connectivity index (χ2v) is 3.20. The first-order valence-electron chi connectivity index (χ1n) is 4.24. The summed E-state index contributed by atoms with van der Waals surface area (Å²) in [5.74, 6) is -0.484. The highest BCUT2D eigenvalue weighted by molar-refractivity contribution is 5.84. The van der Waals surface area contributed by atoms with Crippen LogP contribution in [-0.4, -0.2) is 29.5 Å². The van der Waals surface area contributed by atoms with E-state index in [2.05, 4.69) is 5.32 Å². The number of aliphatic hydroxyl groups excluding tert-OH is 1. The Morgan fingerprint density at radius 2 is 2.15 bits per heavy atom. The molecule has 0 radical (unpaired) electrons. The molecule has 0 aromatic heterocycles.